The number of benzene rings is 1. The molecule has 1 aromatic rings. The highest BCUT2D eigenvalue weighted by Gasteiger charge is 2.16. The predicted molar refractivity (Wildman–Crippen MR) is 94.0 cm³/mol. The molecule has 1 fully saturated rings. The Labute approximate surface area is 144 Å². The van der Waals surface area contributed by atoms with Crippen molar-refractivity contribution in [3.05, 3.63) is 29.8 Å². The van der Waals surface area contributed by atoms with Gasteiger partial charge in [0.25, 0.3) is 0 Å². The topological polar surface area (TPSA) is 67.4 Å². The molecular weight excluding hydrogens is 304 g/mol. The third-order valence-electron chi connectivity index (χ3n) is 4.41. The van der Waals surface area contributed by atoms with Crippen LogP contribution < -0.4 is 15.4 Å². The highest BCUT2D eigenvalue weighted by Crippen LogP contribution is 2.17. The lowest BCUT2D eigenvalue weighted by molar-refractivity contribution is -0.129. The van der Waals surface area contributed by atoms with Crippen molar-refractivity contribution in [2.75, 3.05) is 13.7 Å². The first-order chi connectivity index (χ1) is 11.7. The second-order valence-electron chi connectivity index (χ2n) is 6.38. The molecule has 132 valence electrons. The number of rotatable bonds is 7. The van der Waals surface area contributed by atoms with Gasteiger partial charge in [0, 0.05) is 12.6 Å². The molecule has 2 amide bonds. The fraction of sp³-hybridized carbons (Fsp3) is 0.579. The van der Waals surface area contributed by atoms with Gasteiger partial charge in [-0.15, -0.1) is 0 Å². The number of hydrogen-bond acceptors (Lipinski definition) is 3. The largest absolute Gasteiger partial charge is 0.497 e. The lowest BCUT2D eigenvalue weighted by atomic mass is 10.1. The molecule has 1 aliphatic carbocycles. The highest BCUT2D eigenvalue weighted by atomic mass is 16.5. The first kappa shape index (κ1) is 18.3. The molecule has 2 rings (SSSR count). The van der Waals surface area contributed by atoms with E-state index >= 15 is 0 Å². The van der Waals surface area contributed by atoms with Gasteiger partial charge in [0.2, 0.25) is 11.8 Å². The number of methoxy groups -OCH3 is 1. The number of amides is 2. The second-order valence-corrected chi connectivity index (χ2v) is 6.38. The molecule has 1 aliphatic rings. The van der Waals surface area contributed by atoms with Crippen molar-refractivity contribution in [3.63, 3.8) is 0 Å². The Bertz CT molecular complexity index is 537. The zero-order valence-electron chi connectivity index (χ0n) is 14.5. The summed E-state index contributed by atoms with van der Waals surface area (Å²) < 4.78 is 5.18. The van der Waals surface area contributed by atoms with Crippen molar-refractivity contribution >= 4 is 11.8 Å². The molecule has 0 atom stereocenters. The molecule has 0 saturated heterocycles. The minimum Gasteiger partial charge on any atom is -0.497 e. The first-order valence-corrected chi connectivity index (χ1v) is 8.86. The standard InChI is InChI=1S/C19H28N2O3/c1-24-17-10-6-7-15(13-17)11-12-20-18(22)14-19(23)21-16-8-4-2-3-5-9-16/h6-7,10,13,16H,2-5,8-9,11-12,14H2,1H3,(H,20,22)(H,21,23). The van der Waals surface area contributed by atoms with Gasteiger partial charge in [0.05, 0.1) is 7.11 Å². The van der Waals surface area contributed by atoms with Gasteiger partial charge >= 0.3 is 0 Å². The lowest BCUT2D eigenvalue weighted by Gasteiger charge is -2.16. The summed E-state index contributed by atoms with van der Waals surface area (Å²) in [6, 6.07) is 8.00. The molecule has 1 saturated carbocycles. The van der Waals surface area contributed by atoms with E-state index in [0.717, 1.165) is 37.0 Å². The van der Waals surface area contributed by atoms with Gasteiger partial charge in [-0.2, -0.15) is 0 Å². The molecule has 2 N–H and O–H groups in total. The van der Waals surface area contributed by atoms with E-state index in [0.29, 0.717) is 13.0 Å². The van der Waals surface area contributed by atoms with Crippen LogP contribution in [-0.2, 0) is 16.0 Å². The maximum absolute atomic E-state index is 12.0. The molecule has 0 bridgehead atoms. The van der Waals surface area contributed by atoms with Gasteiger partial charge in [-0.05, 0) is 37.0 Å². The minimum atomic E-state index is -0.219. The molecule has 0 heterocycles. The fourth-order valence-electron chi connectivity index (χ4n) is 3.08. The van der Waals surface area contributed by atoms with Crippen LogP contribution in [0.15, 0.2) is 24.3 Å². The van der Waals surface area contributed by atoms with E-state index in [4.69, 9.17) is 4.74 Å². The van der Waals surface area contributed by atoms with Gasteiger partial charge in [-0.25, -0.2) is 0 Å². The number of carbonyl (C=O) groups excluding carboxylic acids is 2. The Balaban J connectivity index is 1.65. The van der Waals surface area contributed by atoms with Gasteiger partial charge in [0.1, 0.15) is 12.2 Å². The summed E-state index contributed by atoms with van der Waals surface area (Å²) in [6.45, 7) is 0.517. The molecular formula is C19H28N2O3. The van der Waals surface area contributed by atoms with Crippen LogP contribution in [0.2, 0.25) is 0 Å². The highest BCUT2D eigenvalue weighted by molar-refractivity contribution is 5.96. The van der Waals surface area contributed by atoms with Gasteiger partial charge in [0.15, 0.2) is 0 Å². The number of hydrogen-bond donors (Lipinski definition) is 2. The number of ether oxygens (including phenoxy) is 1. The van der Waals surface area contributed by atoms with E-state index in [9.17, 15) is 9.59 Å². The molecule has 0 aliphatic heterocycles. The first-order valence-electron chi connectivity index (χ1n) is 8.86. The fourth-order valence-corrected chi connectivity index (χ4v) is 3.08. The third-order valence-corrected chi connectivity index (χ3v) is 4.41. The van der Waals surface area contributed by atoms with Crippen molar-refractivity contribution in [2.24, 2.45) is 0 Å². The molecule has 0 radical (unpaired) electrons. The minimum absolute atomic E-state index is 0.0887. The molecule has 0 aromatic heterocycles. The van der Waals surface area contributed by atoms with Crippen LogP contribution in [0.5, 0.6) is 5.75 Å². The average Bonchev–Trinajstić information content (AvgIpc) is 2.83. The zero-order valence-corrected chi connectivity index (χ0v) is 14.5. The number of carbonyl (C=O) groups is 2. The Morgan fingerprint density at radius 3 is 2.58 bits per heavy atom. The van der Waals surface area contributed by atoms with Crippen molar-refractivity contribution in [1.82, 2.24) is 10.6 Å². The van der Waals surface area contributed by atoms with Crippen LogP contribution >= 0.6 is 0 Å². The van der Waals surface area contributed by atoms with Crippen LogP contribution in [0.1, 0.15) is 50.5 Å². The molecule has 1 aromatic carbocycles. The van der Waals surface area contributed by atoms with E-state index < -0.39 is 0 Å². The van der Waals surface area contributed by atoms with Gasteiger partial charge in [-0.1, -0.05) is 37.8 Å². The van der Waals surface area contributed by atoms with Gasteiger partial charge in [-0.3, -0.25) is 9.59 Å². The van der Waals surface area contributed by atoms with Crippen LogP contribution in [0, 0.1) is 0 Å². The summed E-state index contributed by atoms with van der Waals surface area (Å²) in [4.78, 5) is 23.8. The van der Waals surface area contributed by atoms with Crippen molar-refractivity contribution < 1.29 is 14.3 Å². The normalized spacial score (nSPS) is 15.4. The predicted octanol–water partition coefficient (Wildman–Crippen LogP) is 2.58. The second kappa shape index (κ2) is 9.96. The van der Waals surface area contributed by atoms with Gasteiger partial charge < -0.3 is 15.4 Å². The Hall–Kier alpha value is -2.04. The van der Waals surface area contributed by atoms with Crippen LogP contribution in [0.3, 0.4) is 0 Å². The molecule has 24 heavy (non-hydrogen) atoms. The Kier molecular flexibility index (Phi) is 7.59. The monoisotopic (exact) mass is 332 g/mol. The summed E-state index contributed by atoms with van der Waals surface area (Å²) in [5.74, 6) is 0.423. The summed E-state index contributed by atoms with van der Waals surface area (Å²) in [5, 5.41) is 5.81. The van der Waals surface area contributed by atoms with Crippen LogP contribution in [0.4, 0.5) is 0 Å². The molecule has 5 heteroatoms. The summed E-state index contributed by atoms with van der Waals surface area (Å²) in [7, 11) is 1.63. The van der Waals surface area contributed by atoms with E-state index in [1.807, 2.05) is 24.3 Å². The maximum Gasteiger partial charge on any atom is 0.229 e. The van der Waals surface area contributed by atoms with E-state index in [2.05, 4.69) is 10.6 Å². The SMILES string of the molecule is COc1cccc(CCNC(=O)CC(=O)NC2CCCCCC2)c1. The summed E-state index contributed by atoms with van der Waals surface area (Å²) >= 11 is 0. The van der Waals surface area contributed by atoms with Crippen molar-refractivity contribution in [3.8, 4) is 5.75 Å². The zero-order chi connectivity index (χ0) is 17.2. The molecule has 0 unspecified atom stereocenters. The Morgan fingerprint density at radius 1 is 1.12 bits per heavy atom. The van der Waals surface area contributed by atoms with E-state index in [-0.39, 0.29) is 24.3 Å². The van der Waals surface area contributed by atoms with Crippen molar-refractivity contribution in [1.29, 1.82) is 0 Å². The summed E-state index contributed by atoms with van der Waals surface area (Å²) in [5.41, 5.74) is 1.09. The van der Waals surface area contributed by atoms with E-state index in [1.165, 1.54) is 12.8 Å². The molecule has 5 nitrogen and oxygen atoms in total. The third kappa shape index (κ3) is 6.60. The molecule has 0 spiro atoms. The Morgan fingerprint density at radius 2 is 1.88 bits per heavy atom. The van der Waals surface area contributed by atoms with E-state index in [1.54, 1.807) is 7.11 Å². The maximum atomic E-state index is 12.0. The van der Waals surface area contributed by atoms with Crippen LogP contribution in [-0.4, -0.2) is 31.5 Å². The average molecular weight is 332 g/mol. The van der Waals surface area contributed by atoms with Crippen LogP contribution in [0.25, 0.3) is 0 Å². The quantitative estimate of drug-likeness (QED) is 0.596. The van der Waals surface area contributed by atoms with Crippen molar-refractivity contribution in [2.45, 2.75) is 57.4 Å². The number of nitrogens with one attached hydrogen (secondary N) is 2. The summed E-state index contributed by atoms with van der Waals surface area (Å²) in [6.07, 6.45) is 7.51. The smallest absolute Gasteiger partial charge is 0.229 e. The lowest BCUT2D eigenvalue weighted by Crippen LogP contribution is -2.38.